The van der Waals surface area contributed by atoms with Gasteiger partial charge in [-0.3, -0.25) is 4.79 Å². The number of amides is 1. The van der Waals surface area contributed by atoms with Crippen molar-refractivity contribution in [2.75, 3.05) is 19.0 Å². The highest BCUT2D eigenvalue weighted by Crippen LogP contribution is 2.10. The number of methoxy groups -OCH3 is 1. The zero-order valence-electron chi connectivity index (χ0n) is 11.7. The average molecular weight is 264 g/mol. The number of hydrogen-bond donors (Lipinski definition) is 2. The minimum atomic E-state index is -0.396. The fraction of sp³-hybridized carbons (Fsp3) is 0.429. The second-order valence-corrected chi connectivity index (χ2v) is 5.22. The van der Waals surface area contributed by atoms with Gasteiger partial charge in [0, 0.05) is 11.2 Å². The van der Waals surface area contributed by atoms with Crippen molar-refractivity contribution in [2.24, 2.45) is 0 Å². The van der Waals surface area contributed by atoms with Gasteiger partial charge < -0.3 is 15.4 Å². The fourth-order valence-electron chi connectivity index (χ4n) is 1.36. The van der Waals surface area contributed by atoms with Gasteiger partial charge in [-0.05, 0) is 45.0 Å². The van der Waals surface area contributed by atoms with Crippen LogP contribution < -0.4 is 10.6 Å². The van der Waals surface area contributed by atoms with Crippen molar-refractivity contribution in [3.63, 3.8) is 0 Å². The largest absolute Gasteiger partial charge is 0.465 e. The van der Waals surface area contributed by atoms with E-state index in [1.807, 2.05) is 20.8 Å². The van der Waals surface area contributed by atoms with Crippen LogP contribution in [-0.4, -0.2) is 31.1 Å². The van der Waals surface area contributed by atoms with Gasteiger partial charge in [0.2, 0.25) is 5.91 Å². The minimum absolute atomic E-state index is 0.105. The molecule has 0 saturated carbocycles. The lowest BCUT2D eigenvalue weighted by atomic mass is 10.1. The van der Waals surface area contributed by atoms with Crippen LogP contribution in [0, 0.1) is 0 Å². The van der Waals surface area contributed by atoms with E-state index in [1.54, 1.807) is 24.3 Å². The van der Waals surface area contributed by atoms with Crippen molar-refractivity contribution in [2.45, 2.75) is 26.3 Å². The molecule has 0 atom stereocenters. The number of hydrogen-bond acceptors (Lipinski definition) is 4. The Bertz CT molecular complexity index is 447. The molecule has 0 spiro atoms. The Morgan fingerprint density at radius 3 is 2.21 bits per heavy atom. The maximum Gasteiger partial charge on any atom is 0.337 e. The fourth-order valence-corrected chi connectivity index (χ4v) is 1.36. The Morgan fingerprint density at radius 2 is 1.74 bits per heavy atom. The summed E-state index contributed by atoms with van der Waals surface area (Å²) in [6.45, 7) is 6.21. The van der Waals surface area contributed by atoms with Crippen LogP contribution in [-0.2, 0) is 9.53 Å². The van der Waals surface area contributed by atoms with Crippen molar-refractivity contribution in [1.82, 2.24) is 5.32 Å². The molecule has 1 rings (SSSR count). The summed E-state index contributed by atoms with van der Waals surface area (Å²) < 4.78 is 4.60. The maximum atomic E-state index is 11.7. The predicted octanol–water partition coefficient (Wildman–Crippen LogP) is 1.80. The van der Waals surface area contributed by atoms with Gasteiger partial charge in [-0.15, -0.1) is 0 Å². The quantitative estimate of drug-likeness (QED) is 0.814. The van der Waals surface area contributed by atoms with Gasteiger partial charge in [0.05, 0.1) is 19.2 Å². The van der Waals surface area contributed by atoms with Crippen LogP contribution in [0.5, 0.6) is 0 Å². The number of nitrogens with one attached hydrogen (secondary N) is 2. The van der Waals surface area contributed by atoms with Gasteiger partial charge in [-0.1, -0.05) is 0 Å². The molecule has 5 heteroatoms. The molecule has 0 aromatic heterocycles. The van der Waals surface area contributed by atoms with Gasteiger partial charge in [0.1, 0.15) is 0 Å². The van der Waals surface area contributed by atoms with Crippen molar-refractivity contribution >= 4 is 17.6 Å². The Kier molecular flexibility index (Phi) is 5.06. The molecule has 0 fully saturated rings. The smallest absolute Gasteiger partial charge is 0.337 e. The van der Waals surface area contributed by atoms with Crippen LogP contribution in [0.3, 0.4) is 0 Å². The molecule has 0 radical (unpaired) electrons. The molecule has 1 aromatic rings. The normalized spacial score (nSPS) is 10.9. The van der Waals surface area contributed by atoms with Gasteiger partial charge >= 0.3 is 5.97 Å². The van der Waals surface area contributed by atoms with Crippen molar-refractivity contribution in [1.29, 1.82) is 0 Å². The van der Waals surface area contributed by atoms with Crippen LogP contribution in [0.25, 0.3) is 0 Å². The molecule has 0 unspecified atom stereocenters. The van der Waals surface area contributed by atoms with E-state index in [2.05, 4.69) is 15.4 Å². The monoisotopic (exact) mass is 264 g/mol. The second kappa shape index (κ2) is 6.33. The predicted molar refractivity (Wildman–Crippen MR) is 74.2 cm³/mol. The molecular formula is C14H20N2O3. The summed E-state index contributed by atoms with van der Waals surface area (Å²) in [4.78, 5) is 22.9. The number of benzene rings is 1. The summed E-state index contributed by atoms with van der Waals surface area (Å²) in [5.41, 5.74) is 0.994. The van der Waals surface area contributed by atoms with E-state index in [9.17, 15) is 9.59 Å². The number of anilines is 1. The zero-order valence-corrected chi connectivity index (χ0v) is 11.7. The lowest BCUT2D eigenvalue weighted by molar-refractivity contribution is -0.115. The van der Waals surface area contributed by atoms with E-state index >= 15 is 0 Å². The highest BCUT2D eigenvalue weighted by Gasteiger charge is 2.11. The first kappa shape index (κ1) is 15.2. The number of carbonyl (C=O) groups excluding carboxylic acids is 2. The second-order valence-electron chi connectivity index (χ2n) is 5.22. The topological polar surface area (TPSA) is 67.4 Å². The van der Waals surface area contributed by atoms with Crippen molar-refractivity contribution in [3.05, 3.63) is 29.8 Å². The van der Waals surface area contributed by atoms with Gasteiger partial charge in [-0.2, -0.15) is 0 Å². The molecule has 0 aliphatic rings. The van der Waals surface area contributed by atoms with Crippen LogP contribution in [0.1, 0.15) is 31.1 Å². The Hall–Kier alpha value is -1.88. The van der Waals surface area contributed by atoms with E-state index in [-0.39, 0.29) is 18.0 Å². The van der Waals surface area contributed by atoms with Crippen LogP contribution in [0.15, 0.2) is 24.3 Å². The van der Waals surface area contributed by atoms with E-state index in [4.69, 9.17) is 0 Å². The lowest BCUT2D eigenvalue weighted by Gasteiger charge is -2.20. The van der Waals surface area contributed by atoms with E-state index in [0.717, 1.165) is 0 Å². The summed E-state index contributed by atoms with van der Waals surface area (Å²) in [6.07, 6.45) is 0. The lowest BCUT2D eigenvalue weighted by Crippen LogP contribution is -2.41. The number of ether oxygens (including phenoxy) is 1. The summed E-state index contributed by atoms with van der Waals surface area (Å²) in [5.74, 6) is -0.520. The van der Waals surface area contributed by atoms with Crippen LogP contribution in [0.2, 0.25) is 0 Å². The van der Waals surface area contributed by atoms with Crippen molar-refractivity contribution in [3.8, 4) is 0 Å². The molecule has 0 aliphatic heterocycles. The number of rotatable bonds is 4. The number of esters is 1. The Balaban J connectivity index is 2.54. The molecule has 0 bridgehead atoms. The average Bonchev–Trinajstić information content (AvgIpc) is 2.35. The van der Waals surface area contributed by atoms with Crippen LogP contribution >= 0.6 is 0 Å². The van der Waals surface area contributed by atoms with E-state index < -0.39 is 5.97 Å². The molecule has 0 aliphatic carbocycles. The molecule has 19 heavy (non-hydrogen) atoms. The molecule has 1 amide bonds. The molecule has 5 nitrogen and oxygen atoms in total. The molecule has 0 heterocycles. The summed E-state index contributed by atoms with van der Waals surface area (Å²) in [6, 6.07) is 6.56. The SMILES string of the molecule is COC(=O)c1ccc(NC(=O)CNC(C)(C)C)cc1. The molecule has 104 valence electrons. The van der Waals surface area contributed by atoms with Gasteiger partial charge in [0.25, 0.3) is 0 Å². The summed E-state index contributed by atoms with van der Waals surface area (Å²) in [5, 5.41) is 5.84. The third-order valence-electron chi connectivity index (χ3n) is 2.37. The highest BCUT2D eigenvalue weighted by molar-refractivity contribution is 5.93. The first-order valence-electron chi connectivity index (χ1n) is 6.05. The molecular weight excluding hydrogens is 244 g/mol. The highest BCUT2D eigenvalue weighted by atomic mass is 16.5. The standard InChI is InChI=1S/C14H20N2O3/c1-14(2,3)15-9-12(17)16-11-7-5-10(6-8-11)13(18)19-4/h5-8,15H,9H2,1-4H3,(H,16,17). The van der Waals surface area contributed by atoms with Crippen molar-refractivity contribution < 1.29 is 14.3 Å². The first-order chi connectivity index (χ1) is 8.81. The molecule has 1 aromatic carbocycles. The minimum Gasteiger partial charge on any atom is -0.465 e. The van der Waals surface area contributed by atoms with E-state index in [0.29, 0.717) is 11.3 Å². The summed E-state index contributed by atoms with van der Waals surface area (Å²) >= 11 is 0. The maximum absolute atomic E-state index is 11.7. The van der Waals surface area contributed by atoms with Gasteiger partial charge in [0.15, 0.2) is 0 Å². The Labute approximate surface area is 113 Å². The summed E-state index contributed by atoms with van der Waals surface area (Å²) in [7, 11) is 1.33. The number of carbonyl (C=O) groups is 2. The molecule has 2 N–H and O–H groups in total. The molecule has 0 saturated heterocycles. The first-order valence-corrected chi connectivity index (χ1v) is 6.05. The third-order valence-corrected chi connectivity index (χ3v) is 2.37. The van der Waals surface area contributed by atoms with Crippen LogP contribution in [0.4, 0.5) is 5.69 Å². The van der Waals surface area contributed by atoms with E-state index in [1.165, 1.54) is 7.11 Å². The Morgan fingerprint density at radius 1 is 1.16 bits per heavy atom. The zero-order chi connectivity index (χ0) is 14.5. The third kappa shape index (κ3) is 5.52. The van der Waals surface area contributed by atoms with Gasteiger partial charge in [-0.25, -0.2) is 4.79 Å².